The molecule has 0 spiro atoms. The molecule has 0 saturated carbocycles. The van der Waals surface area contributed by atoms with E-state index in [2.05, 4.69) is 11.9 Å². The number of carbonyl (C=O) groups is 2. The molecule has 8 nitrogen and oxygen atoms in total. The molecule has 0 aliphatic carbocycles. The summed E-state index contributed by atoms with van der Waals surface area (Å²) in [6.07, 6.45) is 0.852. The summed E-state index contributed by atoms with van der Waals surface area (Å²) < 4.78 is 10.6. The lowest BCUT2D eigenvalue weighted by Gasteiger charge is -2.37. The Morgan fingerprint density at radius 1 is 1.18 bits per heavy atom. The number of thioether (sulfide) groups is 1. The Labute approximate surface area is 198 Å². The highest BCUT2D eigenvalue weighted by molar-refractivity contribution is 8.16. The smallest absolute Gasteiger partial charge is 0.338 e. The maximum Gasteiger partial charge on any atom is 0.338 e. The number of likely N-dealkylation sites (N-methyl/N-ethyl adjacent to an activating group) is 1. The number of esters is 1. The van der Waals surface area contributed by atoms with Gasteiger partial charge in [-0.3, -0.25) is 4.79 Å². The molecule has 9 heteroatoms. The van der Waals surface area contributed by atoms with Gasteiger partial charge in [0.05, 0.1) is 38.0 Å². The van der Waals surface area contributed by atoms with E-state index in [0.29, 0.717) is 23.4 Å². The maximum absolute atomic E-state index is 13.1. The van der Waals surface area contributed by atoms with Crippen molar-refractivity contribution in [2.45, 2.75) is 25.8 Å². The van der Waals surface area contributed by atoms with Crippen molar-refractivity contribution in [3.63, 3.8) is 0 Å². The van der Waals surface area contributed by atoms with Gasteiger partial charge in [0.15, 0.2) is 5.17 Å². The molecule has 1 aromatic carbocycles. The summed E-state index contributed by atoms with van der Waals surface area (Å²) in [5.41, 5.74) is 2.92. The third-order valence-electron chi connectivity index (χ3n) is 6.23. The van der Waals surface area contributed by atoms with Gasteiger partial charge in [0, 0.05) is 31.9 Å². The highest BCUT2D eigenvalue weighted by Gasteiger charge is 2.42. The van der Waals surface area contributed by atoms with E-state index in [0.717, 1.165) is 42.6 Å². The summed E-state index contributed by atoms with van der Waals surface area (Å²) in [5.74, 6) is 0.374. The Balaban J connectivity index is 1.70. The first-order chi connectivity index (χ1) is 16.0. The normalized spacial score (nSPS) is 20.9. The summed E-state index contributed by atoms with van der Waals surface area (Å²) in [6, 6.07) is 7.22. The van der Waals surface area contributed by atoms with Crippen LogP contribution in [0.15, 0.2) is 51.6 Å². The predicted molar refractivity (Wildman–Crippen MR) is 129 cm³/mol. The lowest BCUT2D eigenvalue weighted by Crippen LogP contribution is -2.47. The number of benzene rings is 1. The Bertz CT molecular complexity index is 1030. The van der Waals surface area contributed by atoms with Crippen molar-refractivity contribution in [2.75, 3.05) is 47.4 Å². The number of methoxy groups -OCH3 is 2. The average molecular weight is 471 g/mol. The van der Waals surface area contributed by atoms with Crippen LogP contribution in [0.4, 0.5) is 0 Å². The molecule has 33 heavy (non-hydrogen) atoms. The predicted octanol–water partition coefficient (Wildman–Crippen LogP) is 3.00. The van der Waals surface area contributed by atoms with Crippen LogP contribution >= 0.6 is 11.8 Å². The quantitative estimate of drug-likeness (QED) is 0.592. The van der Waals surface area contributed by atoms with Crippen LogP contribution < -0.4 is 4.74 Å². The molecular weight excluding hydrogens is 440 g/mol. The number of hydrogen-bond acceptors (Lipinski definition) is 8. The van der Waals surface area contributed by atoms with Crippen LogP contribution in [0, 0.1) is 0 Å². The molecular formula is C24H30N4O4S. The van der Waals surface area contributed by atoms with Crippen molar-refractivity contribution in [2.24, 2.45) is 4.99 Å². The van der Waals surface area contributed by atoms with Crippen LogP contribution in [0.1, 0.15) is 31.4 Å². The van der Waals surface area contributed by atoms with Gasteiger partial charge in [0.2, 0.25) is 5.91 Å². The molecule has 0 unspecified atom stereocenters. The molecule has 1 saturated heterocycles. The summed E-state index contributed by atoms with van der Waals surface area (Å²) in [5, 5.41) is 2.75. The number of carbonyl (C=O) groups excluding carboxylic acids is 2. The van der Waals surface area contributed by atoms with Gasteiger partial charge in [-0.1, -0.05) is 30.8 Å². The minimum Gasteiger partial charge on any atom is -0.497 e. The topological polar surface area (TPSA) is 74.7 Å². The van der Waals surface area contributed by atoms with Gasteiger partial charge in [-0.05, 0) is 36.6 Å². The average Bonchev–Trinajstić information content (AvgIpc) is 3.24. The number of rotatable bonds is 6. The first kappa shape index (κ1) is 23.4. The van der Waals surface area contributed by atoms with E-state index in [4.69, 9.17) is 14.5 Å². The number of ether oxygens (including phenoxy) is 2. The molecule has 3 aliphatic rings. The number of nitrogens with zero attached hydrogens (tertiary/aromatic N) is 4. The van der Waals surface area contributed by atoms with Crippen LogP contribution in [-0.4, -0.2) is 79.2 Å². The monoisotopic (exact) mass is 470 g/mol. The van der Waals surface area contributed by atoms with Crippen molar-refractivity contribution in [3.8, 4) is 5.75 Å². The molecule has 1 amide bonds. The van der Waals surface area contributed by atoms with Gasteiger partial charge >= 0.3 is 5.97 Å². The van der Waals surface area contributed by atoms with Crippen molar-refractivity contribution in [1.29, 1.82) is 0 Å². The van der Waals surface area contributed by atoms with E-state index in [9.17, 15) is 9.59 Å². The minimum atomic E-state index is -0.448. The number of hydrogen-bond donors (Lipinski definition) is 0. The van der Waals surface area contributed by atoms with Gasteiger partial charge in [-0.25, -0.2) is 9.79 Å². The standard InChI is InChI=1S/C24H30N4O4S/c1-5-19-21(23(30)32-4)22(16-7-6-8-18(13-16)31-3)28-17(15-33-24(28)25-19)14-20(29)27-11-9-26(2)10-12-27/h6-8,13,15,22H,5,9-12,14H2,1-4H3/t22-/m1/s1. The van der Waals surface area contributed by atoms with Gasteiger partial charge in [-0.2, -0.15) is 0 Å². The van der Waals surface area contributed by atoms with E-state index in [-0.39, 0.29) is 12.3 Å². The largest absolute Gasteiger partial charge is 0.497 e. The Hall–Kier alpha value is -2.78. The zero-order valence-electron chi connectivity index (χ0n) is 19.5. The number of amidine groups is 1. The van der Waals surface area contributed by atoms with Gasteiger partial charge in [-0.15, -0.1) is 0 Å². The van der Waals surface area contributed by atoms with Crippen molar-refractivity contribution in [3.05, 3.63) is 52.2 Å². The molecule has 1 atom stereocenters. The Kier molecular flexibility index (Phi) is 7.09. The molecule has 0 bridgehead atoms. The molecule has 3 heterocycles. The first-order valence-electron chi connectivity index (χ1n) is 11.1. The summed E-state index contributed by atoms with van der Waals surface area (Å²) in [6.45, 7) is 5.17. The van der Waals surface area contributed by atoms with Crippen LogP contribution in [0.2, 0.25) is 0 Å². The summed E-state index contributed by atoms with van der Waals surface area (Å²) >= 11 is 1.49. The third kappa shape index (κ3) is 4.65. The van der Waals surface area contributed by atoms with E-state index >= 15 is 0 Å². The second kappa shape index (κ2) is 10.0. The molecule has 0 N–H and O–H groups in total. The molecule has 4 rings (SSSR count). The van der Waals surface area contributed by atoms with Crippen molar-refractivity contribution >= 4 is 28.8 Å². The summed E-state index contributed by atoms with van der Waals surface area (Å²) in [7, 11) is 5.07. The van der Waals surface area contributed by atoms with Gasteiger partial charge in [0.1, 0.15) is 5.75 Å². The zero-order valence-corrected chi connectivity index (χ0v) is 20.4. The third-order valence-corrected chi connectivity index (χ3v) is 7.12. The Morgan fingerprint density at radius 2 is 1.94 bits per heavy atom. The van der Waals surface area contributed by atoms with E-state index in [1.54, 1.807) is 7.11 Å². The second-order valence-electron chi connectivity index (χ2n) is 8.24. The molecule has 0 radical (unpaired) electrons. The molecule has 1 fully saturated rings. The fourth-order valence-electron chi connectivity index (χ4n) is 4.36. The van der Waals surface area contributed by atoms with Gasteiger partial charge < -0.3 is 24.2 Å². The van der Waals surface area contributed by atoms with E-state index in [1.807, 2.05) is 46.4 Å². The number of amides is 1. The Morgan fingerprint density at radius 3 is 2.61 bits per heavy atom. The SMILES string of the molecule is CCC1=C(C(=O)OC)[C@@H](c2cccc(OC)c2)N2C(CC(=O)N3CCN(C)CC3)=CSC2=N1. The minimum absolute atomic E-state index is 0.0884. The second-order valence-corrected chi connectivity index (χ2v) is 9.07. The lowest BCUT2D eigenvalue weighted by molar-refractivity contribution is -0.136. The number of fused-ring (bicyclic) bond motifs is 1. The van der Waals surface area contributed by atoms with Crippen LogP contribution in [0.5, 0.6) is 5.75 Å². The van der Waals surface area contributed by atoms with E-state index in [1.165, 1.54) is 18.9 Å². The highest BCUT2D eigenvalue weighted by atomic mass is 32.2. The maximum atomic E-state index is 13.1. The summed E-state index contributed by atoms with van der Waals surface area (Å²) in [4.78, 5) is 37.0. The molecule has 3 aliphatic heterocycles. The number of aliphatic imine (C=N–C) groups is 1. The van der Waals surface area contributed by atoms with Crippen molar-refractivity contribution < 1.29 is 19.1 Å². The molecule has 176 valence electrons. The van der Waals surface area contributed by atoms with E-state index < -0.39 is 12.0 Å². The van der Waals surface area contributed by atoms with Crippen LogP contribution in [0.25, 0.3) is 0 Å². The zero-order chi connectivity index (χ0) is 23.5. The molecule has 1 aromatic rings. The number of allylic oxidation sites excluding steroid dienone is 1. The fraction of sp³-hybridized carbons (Fsp3) is 0.458. The number of piperazine rings is 1. The van der Waals surface area contributed by atoms with Gasteiger partial charge in [0.25, 0.3) is 0 Å². The van der Waals surface area contributed by atoms with Crippen molar-refractivity contribution in [1.82, 2.24) is 14.7 Å². The van der Waals surface area contributed by atoms with Crippen LogP contribution in [-0.2, 0) is 14.3 Å². The highest BCUT2D eigenvalue weighted by Crippen LogP contribution is 2.46. The van der Waals surface area contributed by atoms with Crippen LogP contribution in [0.3, 0.4) is 0 Å². The first-order valence-corrected chi connectivity index (χ1v) is 12.0. The molecule has 0 aromatic heterocycles. The fourth-order valence-corrected chi connectivity index (χ4v) is 5.30. The lowest BCUT2D eigenvalue weighted by atomic mass is 9.92.